The molecule has 6 nitrogen and oxygen atoms in total. The van der Waals surface area contributed by atoms with Gasteiger partial charge in [0, 0.05) is 0 Å². The Bertz CT molecular complexity index is 701. The van der Waals surface area contributed by atoms with Crippen LogP contribution in [-0.2, 0) is 27.5 Å². The van der Waals surface area contributed by atoms with Crippen molar-refractivity contribution >= 4 is 6.09 Å². The van der Waals surface area contributed by atoms with Crippen LogP contribution in [0, 0.1) is 0 Å². The minimum atomic E-state index is -0.576. The van der Waals surface area contributed by atoms with Gasteiger partial charge in [-0.3, -0.25) is 9.74 Å². The third kappa shape index (κ3) is 8.08. The van der Waals surface area contributed by atoms with Crippen molar-refractivity contribution in [2.75, 3.05) is 20.5 Å². The predicted octanol–water partition coefficient (Wildman–Crippen LogP) is 4.42. The average molecular weight is 386 g/mol. The number of hydroxylamine groups is 2. The molecule has 0 aliphatic heterocycles. The second-order valence-electron chi connectivity index (χ2n) is 7.43. The van der Waals surface area contributed by atoms with E-state index in [-0.39, 0.29) is 13.4 Å². The molecule has 1 amide bonds. The molecule has 0 saturated heterocycles. The topological polar surface area (TPSA) is 51.2 Å². The van der Waals surface area contributed by atoms with Gasteiger partial charge in [0.05, 0.1) is 20.3 Å². The van der Waals surface area contributed by atoms with E-state index in [0.717, 1.165) is 11.1 Å². The fraction of sp³-hybridized carbons (Fsp3) is 0.409. The number of rotatable bonds is 9. The van der Waals surface area contributed by atoms with Crippen LogP contribution < -0.4 is 0 Å². The Balaban J connectivity index is 1.98. The molecular formula is C22H30N2O4. The van der Waals surface area contributed by atoms with E-state index in [4.69, 9.17) is 14.3 Å². The van der Waals surface area contributed by atoms with Crippen molar-refractivity contribution in [3.05, 3.63) is 71.8 Å². The number of hydrogen-bond donors (Lipinski definition) is 0. The van der Waals surface area contributed by atoms with Crippen LogP contribution in [0.3, 0.4) is 0 Å². The number of benzene rings is 2. The highest BCUT2D eigenvalue weighted by Gasteiger charge is 2.24. The van der Waals surface area contributed by atoms with Gasteiger partial charge in [0.25, 0.3) is 0 Å². The smallest absolute Gasteiger partial charge is 0.411 e. The molecule has 152 valence electrons. The van der Waals surface area contributed by atoms with E-state index in [0.29, 0.717) is 13.2 Å². The van der Waals surface area contributed by atoms with Gasteiger partial charge in [-0.15, -0.1) is 5.06 Å². The fourth-order valence-corrected chi connectivity index (χ4v) is 2.48. The molecule has 0 heterocycles. The number of hydrogen-bond acceptors (Lipinski definition) is 5. The summed E-state index contributed by atoms with van der Waals surface area (Å²) >= 11 is 0. The molecule has 0 radical (unpaired) electrons. The highest BCUT2D eigenvalue weighted by molar-refractivity contribution is 5.68. The first-order chi connectivity index (χ1) is 13.4. The second-order valence-corrected chi connectivity index (χ2v) is 7.43. The Kier molecular flexibility index (Phi) is 8.44. The summed E-state index contributed by atoms with van der Waals surface area (Å²) < 4.78 is 11.3. The van der Waals surface area contributed by atoms with Crippen molar-refractivity contribution in [1.82, 2.24) is 9.96 Å². The van der Waals surface area contributed by atoms with Crippen LogP contribution in [0.4, 0.5) is 4.79 Å². The summed E-state index contributed by atoms with van der Waals surface area (Å²) in [7, 11) is 1.56. The summed E-state index contributed by atoms with van der Waals surface area (Å²) in [6, 6.07) is 19.7. The van der Waals surface area contributed by atoms with Gasteiger partial charge < -0.3 is 9.47 Å². The SMILES string of the molecule is CON(COCc1ccccc1)CN(Cc1ccccc1)C(=O)OC(C)(C)C. The average Bonchev–Trinajstić information content (AvgIpc) is 2.66. The molecule has 0 saturated carbocycles. The summed E-state index contributed by atoms with van der Waals surface area (Å²) in [5, 5.41) is 1.58. The van der Waals surface area contributed by atoms with E-state index in [1.165, 1.54) is 0 Å². The molecule has 0 aliphatic carbocycles. The van der Waals surface area contributed by atoms with E-state index in [2.05, 4.69) is 0 Å². The first-order valence-corrected chi connectivity index (χ1v) is 9.30. The minimum absolute atomic E-state index is 0.217. The van der Waals surface area contributed by atoms with E-state index in [1.54, 1.807) is 17.1 Å². The molecule has 0 aromatic heterocycles. The Hall–Kier alpha value is -2.41. The summed E-state index contributed by atoms with van der Waals surface area (Å²) in [6.07, 6.45) is -0.401. The predicted molar refractivity (Wildman–Crippen MR) is 108 cm³/mol. The first kappa shape index (κ1) is 21.9. The van der Waals surface area contributed by atoms with Crippen LogP contribution in [-0.4, -0.2) is 42.2 Å². The van der Waals surface area contributed by atoms with Crippen molar-refractivity contribution < 1.29 is 19.1 Å². The maximum Gasteiger partial charge on any atom is 0.411 e. The zero-order valence-corrected chi connectivity index (χ0v) is 17.1. The third-order valence-corrected chi connectivity index (χ3v) is 3.80. The zero-order chi connectivity index (χ0) is 20.4. The lowest BCUT2D eigenvalue weighted by Gasteiger charge is -2.31. The van der Waals surface area contributed by atoms with Crippen LogP contribution in [0.5, 0.6) is 0 Å². The maximum atomic E-state index is 12.7. The molecule has 0 bridgehead atoms. The van der Waals surface area contributed by atoms with Crippen LogP contribution in [0.2, 0.25) is 0 Å². The molecule has 0 atom stereocenters. The van der Waals surface area contributed by atoms with Gasteiger partial charge in [-0.25, -0.2) is 4.79 Å². The van der Waals surface area contributed by atoms with E-state index >= 15 is 0 Å². The molecular weight excluding hydrogens is 356 g/mol. The standard InChI is InChI=1S/C22H30N2O4/c1-22(2,3)28-21(25)23(15-19-11-7-5-8-12-19)17-24(26-4)18-27-16-20-13-9-6-10-14-20/h5-14H,15-18H2,1-4H3. The molecule has 2 aromatic rings. The molecule has 2 rings (SSSR count). The zero-order valence-electron chi connectivity index (χ0n) is 17.1. The number of nitrogens with zero attached hydrogens (tertiary/aromatic N) is 2. The van der Waals surface area contributed by atoms with Gasteiger partial charge in [-0.05, 0) is 31.9 Å². The van der Waals surface area contributed by atoms with E-state index < -0.39 is 11.7 Å². The Morgan fingerprint density at radius 2 is 1.50 bits per heavy atom. The maximum absolute atomic E-state index is 12.7. The van der Waals surface area contributed by atoms with Crippen molar-refractivity contribution in [1.29, 1.82) is 0 Å². The number of carbonyl (C=O) groups is 1. The molecule has 0 spiro atoms. The summed E-state index contributed by atoms with van der Waals surface area (Å²) in [5.74, 6) is 0. The quantitative estimate of drug-likeness (QED) is 0.472. The largest absolute Gasteiger partial charge is 0.444 e. The van der Waals surface area contributed by atoms with Gasteiger partial charge in [0.1, 0.15) is 19.0 Å². The van der Waals surface area contributed by atoms with Crippen molar-refractivity contribution in [3.63, 3.8) is 0 Å². The molecule has 0 fully saturated rings. The molecule has 0 aliphatic rings. The van der Waals surface area contributed by atoms with Crippen molar-refractivity contribution in [2.24, 2.45) is 0 Å². The van der Waals surface area contributed by atoms with Gasteiger partial charge in [-0.2, -0.15) is 0 Å². The first-order valence-electron chi connectivity index (χ1n) is 9.30. The van der Waals surface area contributed by atoms with Crippen LogP contribution in [0.1, 0.15) is 31.9 Å². The minimum Gasteiger partial charge on any atom is -0.444 e. The monoisotopic (exact) mass is 386 g/mol. The van der Waals surface area contributed by atoms with Crippen molar-refractivity contribution in [2.45, 2.75) is 39.5 Å². The normalized spacial score (nSPS) is 11.5. The molecule has 28 heavy (non-hydrogen) atoms. The Morgan fingerprint density at radius 3 is 2.04 bits per heavy atom. The Labute approximate surface area is 167 Å². The molecule has 2 aromatic carbocycles. The molecule has 0 N–H and O–H groups in total. The second kappa shape index (κ2) is 10.8. The number of ether oxygens (including phenoxy) is 2. The summed E-state index contributed by atoms with van der Waals surface area (Å²) in [6.45, 7) is 6.86. The summed E-state index contributed by atoms with van der Waals surface area (Å²) in [4.78, 5) is 19.7. The lowest BCUT2D eigenvalue weighted by atomic mass is 10.2. The number of carbonyl (C=O) groups excluding carboxylic acids is 1. The van der Waals surface area contributed by atoms with Crippen LogP contribution in [0.15, 0.2) is 60.7 Å². The Morgan fingerprint density at radius 1 is 0.929 bits per heavy atom. The van der Waals surface area contributed by atoms with Gasteiger partial charge in [-0.1, -0.05) is 60.7 Å². The summed E-state index contributed by atoms with van der Waals surface area (Å²) in [5.41, 5.74) is 1.51. The lowest BCUT2D eigenvalue weighted by Crippen LogP contribution is -2.43. The van der Waals surface area contributed by atoms with Gasteiger partial charge in [0.2, 0.25) is 0 Å². The third-order valence-electron chi connectivity index (χ3n) is 3.80. The molecule has 0 unspecified atom stereocenters. The van der Waals surface area contributed by atoms with E-state index in [9.17, 15) is 4.79 Å². The number of amides is 1. The van der Waals surface area contributed by atoms with Gasteiger partial charge in [0.15, 0.2) is 0 Å². The highest BCUT2D eigenvalue weighted by Crippen LogP contribution is 2.14. The highest BCUT2D eigenvalue weighted by atomic mass is 16.7. The van der Waals surface area contributed by atoms with Crippen LogP contribution >= 0.6 is 0 Å². The van der Waals surface area contributed by atoms with Crippen LogP contribution in [0.25, 0.3) is 0 Å². The van der Waals surface area contributed by atoms with Gasteiger partial charge >= 0.3 is 6.09 Å². The van der Waals surface area contributed by atoms with E-state index in [1.807, 2.05) is 81.4 Å². The fourth-order valence-electron chi connectivity index (χ4n) is 2.48. The molecule has 6 heteroatoms. The van der Waals surface area contributed by atoms with Crippen molar-refractivity contribution in [3.8, 4) is 0 Å². The lowest BCUT2D eigenvalue weighted by molar-refractivity contribution is -0.209.